The molecule has 0 aromatic heterocycles. The third-order valence-corrected chi connectivity index (χ3v) is 2.93. The quantitative estimate of drug-likeness (QED) is 0.705. The molecule has 3 N–H and O–H groups in total. The predicted octanol–water partition coefficient (Wildman–Crippen LogP) is 1.31. The summed E-state index contributed by atoms with van der Waals surface area (Å²) in [4.78, 5) is 0. The van der Waals surface area contributed by atoms with Crippen molar-refractivity contribution in [2.24, 2.45) is 0 Å². The average molecular weight is 251 g/mol. The van der Waals surface area contributed by atoms with E-state index in [0.717, 1.165) is 0 Å². The summed E-state index contributed by atoms with van der Waals surface area (Å²) in [7, 11) is -3.62. The maximum atomic E-state index is 11.3. The molecule has 0 amide bonds. The van der Waals surface area contributed by atoms with Crippen molar-refractivity contribution in [1.29, 1.82) is 0 Å². The second-order valence-electron chi connectivity index (χ2n) is 2.76. The van der Waals surface area contributed by atoms with Gasteiger partial charge in [0, 0.05) is 17.6 Å². The van der Waals surface area contributed by atoms with Crippen molar-refractivity contribution in [1.82, 2.24) is 4.72 Å². The Morgan fingerprint density at radius 2 is 2.13 bits per heavy atom. The Morgan fingerprint density at radius 3 is 2.67 bits per heavy atom. The molecule has 1 aromatic rings. The van der Waals surface area contributed by atoms with E-state index in [9.17, 15) is 13.5 Å². The van der Waals surface area contributed by atoms with Crippen molar-refractivity contribution < 1.29 is 13.5 Å². The number of hydrogen-bond donors (Lipinski definition) is 3. The Bertz CT molecular complexity index is 447. The van der Waals surface area contributed by atoms with Crippen LogP contribution in [0.1, 0.15) is 6.92 Å². The smallest absolute Gasteiger partial charge is 0.299 e. The molecule has 0 unspecified atom stereocenters. The highest BCUT2D eigenvalue weighted by molar-refractivity contribution is 7.90. The second kappa shape index (κ2) is 4.69. The number of phenolic OH excluding ortho intramolecular Hbond substituents is 1. The van der Waals surface area contributed by atoms with Crippen LogP contribution < -0.4 is 9.44 Å². The van der Waals surface area contributed by atoms with Crippen LogP contribution in [0, 0.1) is 0 Å². The van der Waals surface area contributed by atoms with E-state index in [1.165, 1.54) is 18.2 Å². The van der Waals surface area contributed by atoms with Gasteiger partial charge in [0.15, 0.2) is 0 Å². The summed E-state index contributed by atoms with van der Waals surface area (Å²) in [5.41, 5.74) is 0.0837. The van der Waals surface area contributed by atoms with Crippen molar-refractivity contribution >= 4 is 27.5 Å². The molecule has 7 heteroatoms. The Labute approximate surface area is 93.3 Å². The summed E-state index contributed by atoms with van der Waals surface area (Å²) < 4.78 is 26.9. The van der Waals surface area contributed by atoms with Gasteiger partial charge in [0.1, 0.15) is 5.75 Å². The van der Waals surface area contributed by atoms with Gasteiger partial charge in [-0.1, -0.05) is 18.5 Å². The third-order valence-electron chi connectivity index (χ3n) is 1.54. The van der Waals surface area contributed by atoms with Crippen LogP contribution in [-0.4, -0.2) is 20.1 Å². The fourth-order valence-corrected chi connectivity index (χ4v) is 2.04. The van der Waals surface area contributed by atoms with Crippen LogP contribution in [0.2, 0.25) is 5.02 Å². The summed E-state index contributed by atoms with van der Waals surface area (Å²) in [6.45, 7) is 1.92. The molecule has 0 bridgehead atoms. The highest BCUT2D eigenvalue weighted by Crippen LogP contribution is 2.26. The summed E-state index contributed by atoms with van der Waals surface area (Å²) >= 11 is 5.60. The highest BCUT2D eigenvalue weighted by Gasteiger charge is 2.10. The van der Waals surface area contributed by atoms with Crippen molar-refractivity contribution in [3.05, 3.63) is 23.2 Å². The second-order valence-corrected chi connectivity index (χ2v) is 4.70. The van der Waals surface area contributed by atoms with Crippen molar-refractivity contribution in [3.63, 3.8) is 0 Å². The van der Waals surface area contributed by atoms with Gasteiger partial charge in [-0.25, -0.2) is 0 Å². The largest absolute Gasteiger partial charge is 0.506 e. The lowest BCUT2D eigenvalue weighted by atomic mass is 10.3. The van der Waals surface area contributed by atoms with E-state index in [1.54, 1.807) is 6.92 Å². The Morgan fingerprint density at radius 1 is 1.47 bits per heavy atom. The van der Waals surface area contributed by atoms with E-state index >= 15 is 0 Å². The number of anilines is 1. The number of phenols is 1. The van der Waals surface area contributed by atoms with Crippen molar-refractivity contribution in [2.45, 2.75) is 6.92 Å². The molecule has 0 saturated carbocycles. The number of aromatic hydroxyl groups is 1. The lowest BCUT2D eigenvalue weighted by Crippen LogP contribution is -2.29. The minimum atomic E-state index is -3.62. The molecule has 0 aliphatic rings. The van der Waals surface area contributed by atoms with Gasteiger partial charge in [-0.15, -0.1) is 0 Å². The number of halogens is 1. The van der Waals surface area contributed by atoms with Gasteiger partial charge in [-0.2, -0.15) is 13.1 Å². The monoisotopic (exact) mass is 250 g/mol. The van der Waals surface area contributed by atoms with Gasteiger partial charge >= 0.3 is 0 Å². The Kier molecular flexibility index (Phi) is 3.78. The molecule has 0 spiro atoms. The third kappa shape index (κ3) is 3.58. The molecule has 1 aromatic carbocycles. The van der Waals surface area contributed by atoms with Crippen LogP contribution in [0.4, 0.5) is 5.69 Å². The van der Waals surface area contributed by atoms with Crippen molar-refractivity contribution in [3.8, 4) is 5.75 Å². The number of benzene rings is 1. The normalized spacial score (nSPS) is 11.3. The lowest BCUT2D eigenvalue weighted by molar-refractivity contribution is 0.477. The Balaban J connectivity index is 2.90. The zero-order valence-corrected chi connectivity index (χ0v) is 9.56. The minimum Gasteiger partial charge on any atom is -0.506 e. The SMILES string of the molecule is CCNS(=O)(=O)Nc1ccc(Cl)cc1O. The zero-order chi connectivity index (χ0) is 11.5. The fraction of sp³-hybridized carbons (Fsp3) is 0.250. The number of hydrogen-bond acceptors (Lipinski definition) is 3. The van der Waals surface area contributed by atoms with Gasteiger partial charge in [-0.05, 0) is 12.1 Å². The topological polar surface area (TPSA) is 78.4 Å². The van der Waals surface area contributed by atoms with Crippen LogP contribution in [0.15, 0.2) is 18.2 Å². The van der Waals surface area contributed by atoms with Crippen LogP contribution in [0.5, 0.6) is 5.75 Å². The van der Waals surface area contributed by atoms with Crippen LogP contribution >= 0.6 is 11.6 Å². The lowest BCUT2D eigenvalue weighted by Gasteiger charge is -2.09. The van der Waals surface area contributed by atoms with Gasteiger partial charge in [0.05, 0.1) is 5.69 Å². The maximum Gasteiger partial charge on any atom is 0.299 e. The molecule has 0 heterocycles. The van der Waals surface area contributed by atoms with Gasteiger partial charge in [0.2, 0.25) is 0 Å². The van der Waals surface area contributed by atoms with Crippen LogP contribution in [0.25, 0.3) is 0 Å². The average Bonchev–Trinajstić information content (AvgIpc) is 2.09. The molecule has 0 aliphatic carbocycles. The van der Waals surface area contributed by atoms with Gasteiger partial charge < -0.3 is 5.11 Å². The molecule has 0 fully saturated rings. The summed E-state index contributed by atoms with van der Waals surface area (Å²) in [5, 5.41) is 9.72. The molecule has 0 aliphatic heterocycles. The molecule has 15 heavy (non-hydrogen) atoms. The summed E-state index contributed by atoms with van der Waals surface area (Å²) in [6, 6.07) is 4.11. The van der Waals surface area contributed by atoms with E-state index in [-0.39, 0.29) is 18.0 Å². The van der Waals surface area contributed by atoms with E-state index in [1.807, 2.05) is 0 Å². The molecular weight excluding hydrogens is 240 g/mol. The minimum absolute atomic E-state index is 0.0837. The van der Waals surface area contributed by atoms with Crippen molar-refractivity contribution in [2.75, 3.05) is 11.3 Å². The standard InChI is InChI=1S/C8H11ClN2O3S/c1-2-10-15(13,14)11-7-4-3-6(9)5-8(7)12/h3-5,10-12H,2H2,1H3. The van der Waals surface area contributed by atoms with E-state index in [4.69, 9.17) is 11.6 Å². The predicted molar refractivity (Wildman–Crippen MR) is 59.3 cm³/mol. The Hall–Kier alpha value is -0.980. The number of nitrogens with one attached hydrogen (secondary N) is 2. The van der Waals surface area contributed by atoms with Crippen LogP contribution in [-0.2, 0) is 10.2 Å². The molecular formula is C8H11ClN2O3S. The molecule has 1 rings (SSSR count). The first-order valence-electron chi connectivity index (χ1n) is 4.20. The highest BCUT2D eigenvalue weighted by atomic mass is 35.5. The van der Waals surface area contributed by atoms with E-state index < -0.39 is 10.2 Å². The zero-order valence-electron chi connectivity index (χ0n) is 7.99. The molecule has 0 atom stereocenters. The fourth-order valence-electron chi connectivity index (χ4n) is 0.962. The van der Waals surface area contributed by atoms with Gasteiger partial charge in [-0.3, -0.25) is 4.72 Å². The summed E-state index contributed by atoms with van der Waals surface area (Å²) in [6.07, 6.45) is 0. The summed E-state index contributed by atoms with van der Waals surface area (Å²) in [5.74, 6) is -0.219. The molecule has 0 radical (unpaired) electrons. The first-order chi connectivity index (χ1) is 6.94. The maximum absolute atomic E-state index is 11.3. The molecule has 5 nitrogen and oxygen atoms in total. The first-order valence-corrected chi connectivity index (χ1v) is 6.06. The molecule has 84 valence electrons. The molecule has 0 saturated heterocycles. The van der Waals surface area contributed by atoms with E-state index in [0.29, 0.717) is 5.02 Å². The van der Waals surface area contributed by atoms with Gasteiger partial charge in [0.25, 0.3) is 10.2 Å². The van der Waals surface area contributed by atoms with E-state index in [2.05, 4.69) is 9.44 Å². The van der Waals surface area contributed by atoms with Crippen LogP contribution in [0.3, 0.4) is 0 Å². The first kappa shape index (κ1) is 12.1. The number of rotatable bonds is 4.